The number of amidine groups is 3. The molecule has 0 atom stereocenters. The fourth-order valence-electron chi connectivity index (χ4n) is 0.377. The number of hydrogen-bond acceptors (Lipinski definition) is 0. The molecule has 0 unspecified atom stereocenters. The molecule has 0 aromatic rings. The Kier molecular flexibility index (Phi) is 5.96. The molecule has 0 aromatic carbocycles. The maximum absolute atomic E-state index is 5.72. The third kappa shape index (κ3) is 5.35. The highest BCUT2D eigenvalue weighted by atomic mass is 35.5. The average Bonchev–Trinajstić information content (AvgIpc) is 2.03. The van der Waals surface area contributed by atoms with Gasteiger partial charge in [-0.15, -0.1) is 0 Å². The highest BCUT2D eigenvalue weighted by Crippen LogP contribution is 1.93. The summed E-state index contributed by atoms with van der Waals surface area (Å²) >= 11 is 17.1. The molecule has 0 saturated carbocycles. The molecule has 80 valence electrons. The first kappa shape index (κ1) is 13.6. The van der Waals surface area contributed by atoms with Crippen LogP contribution in [0.25, 0.3) is 0 Å². The highest BCUT2D eigenvalue weighted by molar-refractivity contribution is 6.72. The van der Waals surface area contributed by atoms with Crippen LogP contribution >= 0.6 is 34.8 Å². The zero-order valence-corrected chi connectivity index (χ0v) is 10.7. The number of hydrogen-bond donors (Lipinski definition) is 0. The van der Waals surface area contributed by atoms with Crippen molar-refractivity contribution in [3.8, 4) is 0 Å². The van der Waals surface area contributed by atoms with Crippen molar-refractivity contribution in [1.29, 1.82) is 0 Å². The lowest BCUT2D eigenvalue weighted by Gasteiger charge is -2.02. The quantitative estimate of drug-likeness (QED) is 0.281. The second kappa shape index (κ2) is 6.14. The summed E-state index contributed by atoms with van der Waals surface area (Å²) in [5, 5.41) is 0.464. The summed E-state index contributed by atoms with van der Waals surface area (Å²) < 4.78 is 3.79. The summed E-state index contributed by atoms with van der Waals surface area (Å²) in [6.07, 6.45) is 0. The first-order chi connectivity index (χ1) is 6.34. The van der Waals surface area contributed by atoms with Crippen LogP contribution in [0.5, 0.6) is 0 Å². The van der Waals surface area contributed by atoms with Crippen molar-refractivity contribution in [2.24, 2.45) is 4.99 Å². The van der Waals surface area contributed by atoms with Gasteiger partial charge >= 0.3 is 10.6 Å². The molecule has 0 aliphatic rings. The van der Waals surface area contributed by atoms with E-state index in [9.17, 15) is 0 Å². The Hall–Kier alpha value is -0.410. The van der Waals surface area contributed by atoms with Gasteiger partial charge in [-0.1, -0.05) is 0 Å². The van der Waals surface area contributed by atoms with Crippen LogP contribution in [0, 0.1) is 0 Å². The molecule has 0 aliphatic carbocycles. The van der Waals surface area contributed by atoms with Crippen molar-refractivity contribution in [2.75, 3.05) is 28.2 Å². The van der Waals surface area contributed by atoms with Crippen molar-refractivity contribution < 1.29 is 0 Å². The van der Waals surface area contributed by atoms with Gasteiger partial charge < -0.3 is 4.90 Å². The van der Waals surface area contributed by atoms with Gasteiger partial charge in [-0.05, 0) is 16.6 Å². The van der Waals surface area contributed by atoms with Crippen LogP contribution < -0.4 is 4.67 Å². The minimum absolute atomic E-state index is 0.0117. The van der Waals surface area contributed by atoms with E-state index in [4.69, 9.17) is 34.8 Å². The second-order valence-corrected chi connectivity index (χ2v) is 3.83. The number of halogens is 3. The smallest absolute Gasteiger partial charge is 0.339 e. The van der Waals surface area contributed by atoms with Crippen LogP contribution in [0.15, 0.2) is 4.99 Å². The van der Waals surface area contributed by atoms with Gasteiger partial charge in [0, 0.05) is 37.3 Å². The van der Waals surface area contributed by atoms with E-state index in [0.29, 0.717) is 0 Å². The molecule has 0 bridgehead atoms. The first-order valence-corrected chi connectivity index (χ1v) is 4.83. The molecular weight excluding hydrogens is 246 g/mol. The Labute approximate surface area is 98.5 Å². The average molecular weight is 259 g/mol. The monoisotopic (exact) mass is 257 g/mol. The molecule has 7 heteroatoms. The maximum atomic E-state index is 5.72. The lowest BCUT2D eigenvalue weighted by Crippen LogP contribution is -2.20. The molecule has 0 spiro atoms. The van der Waals surface area contributed by atoms with Crippen LogP contribution in [0.2, 0.25) is 0 Å². The van der Waals surface area contributed by atoms with E-state index in [0.717, 1.165) is 0 Å². The summed E-state index contributed by atoms with van der Waals surface area (Å²) in [5.41, 5.74) is 0. The van der Waals surface area contributed by atoms with E-state index in [1.165, 1.54) is 0 Å². The van der Waals surface area contributed by atoms with Gasteiger partial charge in [-0.3, -0.25) is 4.90 Å². The van der Waals surface area contributed by atoms with Crippen molar-refractivity contribution in [3.63, 3.8) is 0 Å². The van der Waals surface area contributed by atoms with Crippen LogP contribution in [-0.4, -0.2) is 53.9 Å². The largest absolute Gasteiger partial charge is 0.425 e. The van der Waals surface area contributed by atoms with E-state index < -0.39 is 0 Å². The van der Waals surface area contributed by atoms with E-state index in [-0.39, 0.29) is 15.9 Å². The zero-order chi connectivity index (χ0) is 11.3. The Morgan fingerprint density at radius 3 is 1.86 bits per heavy atom. The molecule has 0 amide bonds. The lowest BCUT2D eigenvalue weighted by atomic mass is 10.9. The van der Waals surface area contributed by atoms with Gasteiger partial charge in [-0.25, -0.2) is 4.67 Å². The van der Waals surface area contributed by atoms with Gasteiger partial charge in [0.05, 0.1) is 14.1 Å². The molecule has 0 radical (unpaired) electrons. The highest BCUT2D eigenvalue weighted by Gasteiger charge is 2.08. The van der Waals surface area contributed by atoms with E-state index in [1.54, 1.807) is 38.0 Å². The van der Waals surface area contributed by atoms with E-state index in [1.807, 2.05) is 0 Å². The van der Waals surface area contributed by atoms with Gasteiger partial charge in [0.25, 0.3) is 5.29 Å². The lowest BCUT2D eigenvalue weighted by molar-refractivity contribution is 0.633. The fraction of sp³-hybridized carbons (Fsp3) is 0.571. The summed E-state index contributed by atoms with van der Waals surface area (Å²) in [5.74, 6) is 0. The molecule has 14 heavy (non-hydrogen) atoms. The summed E-state index contributed by atoms with van der Waals surface area (Å²) in [7, 11) is 6.97. The van der Waals surface area contributed by atoms with E-state index in [2.05, 4.69) is 9.66 Å². The first-order valence-electron chi connectivity index (χ1n) is 3.70. The van der Waals surface area contributed by atoms with Crippen molar-refractivity contribution >= 4 is 50.7 Å². The van der Waals surface area contributed by atoms with Crippen LogP contribution in [0.4, 0.5) is 0 Å². The molecular formula is C7H12Cl3N4+. The van der Waals surface area contributed by atoms with Crippen molar-refractivity contribution in [1.82, 2.24) is 14.5 Å². The van der Waals surface area contributed by atoms with Crippen LogP contribution in [0.1, 0.15) is 0 Å². The topological polar surface area (TPSA) is 32.9 Å². The summed E-state index contributed by atoms with van der Waals surface area (Å²) in [6.45, 7) is 0. The second-order valence-electron chi connectivity index (χ2n) is 2.82. The predicted molar refractivity (Wildman–Crippen MR) is 64.5 cm³/mol. The number of aliphatic imine (C=N–C) groups is 1. The maximum Gasteiger partial charge on any atom is 0.425 e. The summed E-state index contributed by atoms with van der Waals surface area (Å²) in [4.78, 5) is 6.99. The molecule has 0 saturated heterocycles. The standard InChI is InChI=1S/C7H12Cl3N4/c1-13(2)6(9)11-5(8)12-7(10)14(3)4/h1-4H3/q+1. The van der Waals surface area contributed by atoms with Gasteiger partial charge in [0.2, 0.25) is 0 Å². The minimum atomic E-state index is -0.0117. The molecule has 0 rings (SSSR count). The molecule has 0 fully saturated rings. The Morgan fingerprint density at radius 2 is 1.50 bits per heavy atom. The molecule has 4 nitrogen and oxygen atoms in total. The van der Waals surface area contributed by atoms with Crippen LogP contribution in [0.3, 0.4) is 0 Å². The van der Waals surface area contributed by atoms with Crippen molar-refractivity contribution in [3.05, 3.63) is 0 Å². The van der Waals surface area contributed by atoms with Gasteiger partial charge in [0.15, 0.2) is 0 Å². The van der Waals surface area contributed by atoms with Crippen molar-refractivity contribution in [2.45, 2.75) is 0 Å². The van der Waals surface area contributed by atoms with E-state index >= 15 is 0 Å². The molecule has 0 aromatic heterocycles. The predicted octanol–water partition coefficient (Wildman–Crippen LogP) is 0.961. The Morgan fingerprint density at radius 1 is 1.00 bits per heavy atom. The Balaban J connectivity index is 4.88. The Bertz CT molecular complexity index is 289. The van der Waals surface area contributed by atoms with Gasteiger partial charge in [0.1, 0.15) is 0 Å². The molecule has 0 aliphatic heterocycles. The van der Waals surface area contributed by atoms with Gasteiger partial charge in [-0.2, -0.15) is 0 Å². The fourth-order valence-corrected chi connectivity index (χ4v) is 0.784. The summed E-state index contributed by atoms with van der Waals surface area (Å²) in [6, 6.07) is 0. The molecule has 0 heterocycles. The molecule has 0 N–H and O–H groups in total. The third-order valence-electron chi connectivity index (χ3n) is 1.11. The zero-order valence-electron chi connectivity index (χ0n) is 8.42. The van der Waals surface area contributed by atoms with Crippen LogP contribution in [-0.2, 0) is 0 Å². The normalized spacial score (nSPS) is 10.6. The number of rotatable bonds is 0. The third-order valence-corrected chi connectivity index (χ3v) is 2.12. The SMILES string of the molecule is CN(C)C(Cl)=NC(Cl)=[N+]=C(Cl)N(C)C. The minimum Gasteiger partial charge on any atom is -0.339 e. The number of nitrogens with zero attached hydrogens (tertiary/aromatic N) is 4.